The lowest BCUT2D eigenvalue weighted by Gasteiger charge is -2.58. The Balaban J connectivity index is 2.31. The van der Waals surface area contributed by atoms with Gasteiger partial charge in [0.1, 0.15) is 0 Å². The Morgan fingerprint density at radius 2 is 1.84 bits per heavy atom. The predicted octanol–water partition coefficient (Wildman–Crippen LogP) is 2.97. The predicted molar refractivity (Wildman–Crippen MR) is 71.3 cm³/mol. The molecule has 2 heterocycles. The molecule has 0 saturated carbocycles. The zero-order valence-corrected chi connectivity index (χ0v) is 12.0. The highest BCUT2D eigenvalue weighted by Gasteiger charge is 2.76. The van der Waals surface area contributed by atoms with Crippen LogP contribution in [0.5, 0.6) is 0 Å². The number of rotatable bonds is 0. The van der Waals surface area contributed by atoms with Crippen molar-refractivity contribution in [2.75, 3.05) is 4.90 Å². The van der Waals surface area contributed by atoms with Crippen LogP contribution in [0.3, 0.4) is 0 Å². The zero-order chi connectivity index (χ0) is 14.1. The second-order valence-electron chi connectivity index (χ2n) is 6.45. The standard InChI is InChI=1S/C15H19NO3/c1-10(17)16-12-9-7-6-8-11(12)15(13(2,3)4)14(16,5)18-19-15/h6-9H,1-5H3. The molecule has 0 bridgehead atoms. The van der Waals surface area contributed by atoms with Gasteiger partial charge in [-0.25, -0.2) is 9.78 Å². The van der Waals surface area contributed by atoms with Gasteiger partial charge < -0.3 is 0 Å². The smallest absolute Gasteiger partial charge is 0.226 e. The molecule has 2 aliphatic rings. The Morgan fingerprint density at radius 1 is 1.21 bits per heavy atom. The van der Waals surface area contributed by atoms with Gasteiger partial charge in [-0.15, -0.1) is 0 Å². The summed E-state index contributed by atoms with van der Waals surface area (Å²) >= 11 is 0. The number of benzene rings is 1. The first kappa shape index (κ1) is 12.6. The van der Waals surface area contributed by atoms with Gasteiger partial charge in [-0.3, -0.25) is 9.69 Å². The molecule has 1 aromatic rings. The highest BCUT2D eigenvalue weighted by atomic mass is 17.3. The first-order valence-corrected chi connectivity index (χ1v) is 6.53. The van der Waals surface area contributed by atoms with Gasteiger partial charge in [0.25, 0.3) is 0 Å². The van der Waals surface area contributed by atoms with Crippen molar-refractivity contribution >= 4 is 11.6 Å². The lowest BCUT2D eigenvalue weighted by molar-refractivity contribution is -0.570. The molecule has 3 rings (SSSR count). The molecule has 4 heteroatoms. The fourth-order valence-electron chi connectivity index (χ4n) is 3.63. The van der Waals surface area contributed by atoms with Crippen LogP contribution >= 0.6 is 0 Å². The van der Waals surface area contributed by atoms with E-state index in [9.17, 15) is 4.79 Å². The van der Waals surface area contributed by atoms with Crippen molar-refractivity contribution in [2.24, 2.45) is 5.41 Å². The Bertz CT molecular complexity index is 563. The molecule has 0 aliphatic carbocycles. The molecule has 0 spiro atoms. The van der Waals surface area contributed by atoms with Crippen molar-refractivity contribution in [3.8, 4) is 0 Å². The number of carbonyl (C=O) groups excluding carboxylic acids is 1. The molecule has 2 atom stereocenters. The first-order valence-electron chi connectivity index (χ1n) is 6.53. The van der Waals surface area contributed by atoms with Crippen molar-refractivity contribution < 1.29 is 14.6 Å². The number of amides is 1. The van der Waals surface area contributed by atoms with E-state index in [-0.39, 0.29) is 11.3 Å². The van der Waals surface area contributed by atoms with Crippen molar-refractivity contribution in [3.05, 3.63) is 29.8 Å². The van der Waals surface area contributed by atoms with Crippen LogP contribution in [0.4, 0.5) is 5.69 Å². The van der Waals surface area contributed by atoms with Crippen molar-refractivity contribution in [2.45, 2.75) is 45.9 Å². The average Bonchev–Trinajstić information content (AvgIpc) is 2.42. The van der Waals surface area contributed by atoms with E-state index in [0.29, 0.717) is 0 Å². The number of para-hydroxylation sites is 1. The van der Waals surface area contributed by atoms with Gasteiger partial charge in [0, 0.05) is 17.9 Å². The Labute approximate surface area is 113 Å². The molecule has 19 heavy (non-hydrogen) atoms. The third kappa shape index (κ3) is 1.19. The zero-order valence-electron chi connectivity index (χ0n) is 12.0. The Kier molecular flexibility index (Phi) is 2.25. The van der Waals surface area contributed by atoms with E-state index >= 15 is 0 Å². The van der Waals surface area contributed by atoms with Crippen molar-refractivity contribution in [1.82, 2.24) is 0 Å². The van der Waals surface area contributed by atoms with E-state index in [2.05, 4.69) is 20.8 Å². The number of nitrogens with zero attached hydrogens (tertiary/aromatic N) is 1. The second-order valence-corrected chi connectivity index (χ2v) is 6.45. The number of hydrogen-bond acceptors (Lipinski definition) is 3. The summed E-state index contributed by atoms with van der Waals surface area (Å²) in [5, 5.41) is 0. The molecule has 1 aromatic carbocycles. The monoisotopic (exact) mass is 261 g/mol. The third-order valence-corrected chi connectivity index (χ3v) is 4.30. The first-order chi connectivity index (χ1) is 8.76. The Hall–Kier alpha value is -1.39. The summed E-state index contributed by atoms with van der Waals surface area (Å²) in [7, 11) is 0. The number of anilines is 1. The SMILES string of the molecule is CC(=O)N1c2ccccc2C2(C(C)(C)C)OOC12C. The van der Waals surface area contributed by atoms with Crippen LogP contribution in [0.25, 0.3) is 0 Å². The summed E-state index contributed by atoms with van der Waals surface area (Å²) < 4.78 is 0. The third-order valence-electron chi connectivity index (χ3n) is 4.30. The van der Waals surface area contributed by atoms with E-state index in [1.54, 1.807) is 11.8 Å². The Morgan fingerprint density at radius 3 is 2.32 bits per heavy atom. The maximum atomic E-state index is 12.1. The van der Waals surface area contributed by atoms with E-state index in [4.69, 9.17) is 9.78 Å². The highest BCUT2D eigenvalue weighted by Crippen LogP contribution is 2.66. The summed E-state index contributed by atoms with van der Waals surface area (Å²) in [4.78, 5) is 24.8. The van der Waals surface area contributed by atoms with Crippen LogP contribution in [-0.2, 0) is 20.2 Å². The number of fused-ring (bicyclic) bond motifs is 3. The van der Waals surface area contributed by atoms with E-state index < -0.39 is 11.3 Å². The molecule has 1 fully saturated rings. The molecule has 0 aromatic heterocycles. The van der Waals surface area contributed by atoms with Crippen LogP contribution < -0.4 is 4.90 Å². The minimum Gasteiger partial charge on any atom is -0.277 e. The molecule has 0 N–H and O–H groups in total. The minimum atomic E-state index is -0.777. The molecular formula is C15H19NO3. The van der Waals surface area contributed by atoms with E-state index in [1.807, 2.05) is 31.2 Å². The molecule has 0 radical (unpaired) electrons. The minimum absolute atomic E-state index is 0.0376. The average molecular weight is 261 g/mol. The van der Waals surface area contributed by atoms with Gasteiger partial charge in [0.2, 0.25) is 11.6 Å². The molecular weight excluding hydrogens is 242 g/mol. The van der Waals surface area contributed by atoms with Gasteiger partial charge >= 0.3 is 0 Å². The number of hydrogen-bond donors (Lipinski definition) is 0. The lowest BCUT2D eigenvalue weighted by atomic mass is 9.67. The largest absolute Gasteiger partial charge is 0.277 e. The molecule has 1 saturated heterocycles. The quantitative estimate of drug-likeness (QED) is 0.674. The summed E-state index contributed by atoms with van der Waals surface area (Å²) in [6.07, 6.45) is 0. The topological polar surface area (TPSA) is 38.8 Å². The van der Waals surface area contributed by atoms with Gasteiger partial charge in [-0.2, -0.15) is 0 Å². The normalized spacial score (nSPS) is 32.6. The van der Waals surface area contributed by atoms with Crippen LogP contribution in [0.1, 0.15) is 40.2 Å². The molecule has 1 amide bonds. The lowest BCUT2D eigenvalue weighted by Crippen LogP contribution is -2.72. The van der Waals surface area contributed by atoms with Crippen LogP contribution in [0.15, 0.2) is 24.3 Å². The van der Waals surface area contributed by atoms with Crippen LogP contribution in [0.2, 0.25) is 0 Å². The van der Waals surface area contributed by atoms with Gasteiger partial charge in [-0.05, 0) is 13.0 Å². The van der Waals surface area contributed by atoms with Crippen molar-refractivity contribution in [1.29, 1.82) is 0 Å². The van der Waals surface area contributed by atoms with Gasteiger partial charge in [-0.1, -0.05) is 39.0 Å². The molecule has 2 aliphatic heterocycles. The van der Waals surface area contributed by atoms with E-state index in [1.165, 1.54) is 0 Å². The maximum Gasteiger partial charge on any atom is 0.226 e. The van der Waals surface area contributed by atoms with Crippen LogP contribution in [-0.4, -0.2) is 11.6 Å². The molecule has 4 nitrogen and oxygen atoms in total. The highest BCUT2D eigenvalue weighted by molar-refractivity contribution is 5.96. The maximum absolute atomic E-state index is 12.1. The fraction of sp³-hybridized carbons (Fsp3) is 0.533. The van der Waals surface area contributed by atoms with Gasteiger partial charge in [0.15, 0.2) is 5.60 Å². The van der Waals surface area contributed by atoms with E-state index in [0.717, 1.165) is 11.3 Å². The fourth-order valence-corrected chi connectivity index (χ4v) is 3.63. The van der Waals surface area contributed by atoms with Crippen molar-refractivity contribution in [3.63, 3.8) is 0 Å². The summed E-state index contributed by atoms with van der Waals surface area (Å²) in [5.41, 5.74) is 0.306. The second kappa shape index (κ2) is 3.38. The summed E-state index contributed by atoms with van der Waals surface area (Å²) in [6.45, 7) is 9.79. The molecule has 2 unspecified atom stereocenters. The van der Waals surface area contributed by atoms with Crippen LogP contribution in [0, 0.1) is 5.41 Å². The summed E-state index contributed by atoms with van der Waals surface area (Å²) in [6, 6.07) is 7.86. The molecule has 102 valence electrons. The summed E-state index contributed by atoms with van der Waals surface area (Å²) in [5.74, 6) is -0.0376. The van der Waals surface area contributed by atoms with Gasteiger partial charge in [0.05, 0.1) is 5.69 Å². The number of carbonyl (C=O) groups is 1.